The summed E-state index contributed by atoms with van der Waals surface area (Å²) in [5.74, 6) is 0.643. The van der Waals surface area contributed by atoms with Gasteiger partial charge in [0.15, 0.2) is 0 Å². The molecular weight excluding hydrogens is 362 g/mol. The van der Waals surface area contributed by atoms with Gasteiger partial charge in [-0.15, -0.1) is 0 Å². The van der Waals surface area contributed by atoms with Crippen molar-refractivity contribution in [3.05, 3.63) is 89.9 Å². The van der Waals surface area contributed by atoms with E-state index in [0.29, 0.717) is 18.5 Å². The van der Waals surface area contributed by atoms with Crippen molar-refractivity contribution in [2.75, 3.05) is 31.1 Å². The Hall–Kier alpha value is -3.25. The molecule has 1 aromatic carbocycles. The van der Waals surface area contributed by atoms with Crippen LogP contribution in [0.4, 0.5) is 5.82 Å². The van der Waals surface area contributed by atoms with Gasteiger partial charge in [0.25, 0.3) is 5.91 Å². The molecule has 6 heteroatoms. The second-order valence-electron chi connectivity index (χ2n) is 7.06. The van der Waals surface area contributed by atoms with Gasteiger partial charge in [0.05, 0.1) is 5.56 Å². The Morgan fingerprint density at radius 2 is 1.86 bits per heavy atom. The Kier molecular flexibility index (Phi) is 6.12. The van der Waals surface area contributed by atoms with Crippen LogP contribution in [0.3, 0.4) is 0 Å². The second kappa shape index (κ2) is 9.30. The van der Waals surface area contributed by atoms with Crippen molar-refractivity contribution >= 4 is 11.7 Å². The van der Waals surface area contributed by atoms with Gasteiger partial charge in [-0.25, -0.2) is 4.98 Å². The average Bonchev–Trinajstić information content (AvgIpc) is 2.80. The number of anilines is 1. The number of carbonyl (C=O) groups is 1. The number of pyridine rings is 2. The van der Waals surface area contributed by atoms with E-state index >= 15 is 0 Å². The van der Waals surface area contributed by atoms with Gasteiger partial charge in [0, 0.05) is 56.7 Å². The van der Waals surface area contributed by atoms with Crippen molar-refractivity contribution in [1.82, 2.24) is 20.6 Å². The lowest BCUT2D eigenvalue weighted by atomic mass is 10.0. The first-order chi connectivity index (χ1) is 14.3. The predicted octanol–water partition coefficient (Wildman–Crippen LogP) is 2.60. The van der Waals surface area contributed by atoms with Crippen LogP contribution in [0.5, 0.6) is 0 Å². The van der Waals surface area contributed by atoms with E-state index in [0.717, 1.165) is 31.1 Å². The molecule has 29 heavy (non-hydrogen) atoms. The minimum absolute atomic E-state index is 0.0983. The van der Waals surface area contributed by atoms with Crippen LogP contribution < -0.4 is 15.5 Å². The first-order valence-corrected chi connectivity index (χ1v) is 9.97. The van der Waals surface area contributed by atoms with Gasteiger partial charge in [0.2, 0.25) is 0 Å². The lowest BCUT2D eigenvalue weighted by Crippen LogP contribution is -2.47. The van der Waals surface area contributed by atoms with E-state index in [-0.39, 0.29) is 11.9 Å². The zero-order valence-corrected chi connectivity index (χ0v) is 16.3. The molecule has 1 fully saturated rings. The van der Waals surface area contributed by atoms with Crippen molar-refractivity contribution < 1.29 is 4.79 Å². The van der Waals surface area contributed by atoms with Gasteiger partial charge in [-0.05, 0) is 29.8 Å². The van der Waals surface area contributed by atoms with Crippen molar-refractivity contribution in [3.8, 4) is 0 Å². The molecule has 1 saturated heterocycles. The molecule has 1 aliphatic rings. The van der Waals surface area contributed by atoms with Gasteiger partial charge in [-0.1, -0.05) is 36.4 Å². The first-order valence-electron chi connectivity index (χ1n) is 9.97. The lowest BCUT2D eigenvalue weighted by Gasteiger charge is -2.35. The van der Waals surface area contributed by atoms with E-state index in [1.807, 2.05) is 36.4 Å². The summed E-state index contributed by atoms with van der Waals surface area (Å²) in [5, 5.41) is 6.57. The Bertz CT molecular complexity index is 932. The number of carbonyl (C=O) groups excluding carboxylic acids is 1. The highest BCUT2D eigenvalue weighted by molar-refractivity contribution is 5.98. The topological polar surface area (TPSA) is 70.2 Å². The van der Waals surface area contributed by atoms with Crippen molar-refractivity contribution in [2.45, 2.75) is 12.5 Å². The minimum Gasteiger partial charge on any atom is -0.353 e. The van der Waals surface area contributed by atoms with Crippen molar-refractivity contribution in [1.29, 1.82) is 0 Å². The van der Waals surface area contributed by atoms with Crippen LogP contribution in [0.15, 0.2) is 73.1 Å². The van der Waals surface area contributed by atoms with Crippen LogP contribution in [0.25, 0.3) is 0 Å². The summed E-state index contributed by atoms with van der Waals surface area (Å²) in [5.41, 5.74) is 2.82. The summed E-state index contributed by atoms with van der Waals surface area (Å²) in [6.07, 6.45) is 4.22. The molecule has 6 nitrogen and oxygen atoms in total. The van der Waals surface area contributed by atoms with Crippen molar-refractivity contribution in [3.63, 3.8) is 0 Å². The Morgan fingerprint density at radius 1 is 1.03 bits per heavy atom. The molecule has 0 spiro atoms. The van der Waals surface area contributed by atoms with E-state index in [1.165, 1.54) is 5.56 Å². The number of amides is 1. The van der Waals surface area contributed by atoms with E-state index < -0.39 is 0 Å². The molecule has 0 saturated carbocycles. The van der Waals surface area contributed by atoms with Gasteiger partial charge in [0.1, 0.15) is 5.82 Å². The number of rotatable bonds is 6. The maximum atomic E-state index is 12.8. The number of hydrogen-bond acceptors (Lipinski definition) is 5. The molecule has 0 unspecified atom stereocenters. The molecule has 2 aromatic heterocycles. The summed E-state index contributed by atoms with van der Waals surface area (Å²) in [4.78, 5) is 23.9. The summed E-state index contributed by atoms with van der Waals surface area (Å²) in [6.45, 7) is 2.97. The van der Waals surface area contributed by atoms with Crippen LogP contribution in [0.1, 0.15) is 27.7 Å². The molecule has 3 heterocycles. The molecule has 3 aromatic rings. The zero-order chi connectivity index (χ0) is 19.9. The highest BCUT2D eigenvalue weighted by Gasteiger charge is 2.24. The number of hydrogen-bond donors (Lipinski definition) is 2. The monoisotopic (exact) mass is 387 g/mol. The number of benzene rings is 1. The zero-order valence-electron chi connectivity index (χ0n) is 16.3. The van der Waals surface area contributed by atoms with Crippen LogP contribution in [-0.4, -0.2) is 42.1 Å². The van der Waals surface area contributed by atoms with E-state index in [1.54, 1.807) is 12.4 Å². The Balaban J connectivity index is 1.44. The standard InChI is InChI=1S/C23H25N5O/c29-23(27-14-11-19-9-4-5-12-24-19)20-10-6-13-26-22(20)28-16-15-25-21(17-28)18-7-2-1-3-8-18/h1-10,12-13,21,25H,11,14-17H2,(H,27,29)/t21-/m1/s1. The molecule has 0 bridgehead atoms. The first kappa shape index (κ1) is 19.1. The molecular formula is C23H25N5O. The molecule has 4 rings (SSSR count). The maximum absolute atomic E-state index is 12.8. The van der Waals surface area contributed by atoms with Crippen LogP contribution in [0.2, 0.25) is 0 Å². The highest BCUT2D eigenvalue weighted by Crippen LogP contribution is 2.23. The molecule has 148 valence electrons. The maximum Gasteiger partial charge on any atom is 0.255 e. The molecule has 2 N–H and O–H groups in total. The minimum atomic E-state index is -0.0983. The number of piperazine rings is 1. The number of nitrogens with one attached hydrogen (secondary N) is 2. The van der Waals surface area contributed by atoms with E-state index in [2.05, 4.69) is 49.8 Å². The van der Waals surface area contributed by atoms with E-state index in [4.69, 9.17) is 0 Å². The molecule has 0 aliphatic carbocycles. The summed E-state index contributed by atoms with van der Waals surface area (Å²) in [7, 11) is 0. The third-order valence-electron chi connectivity index (χ3n) is 5.10. The van der Waals surface area contributed by atoms with Crippen LogP contribution >= 0.6 is 0 Å². The third kappa shape index (κ3) is 4.78. The van der Waals surface area contributed by atoms with E-state index in [9.17, 15) is 4.79 Å². The normalized spacial score (nSPS) is 16.4. The fourth-order valence-electron chi connectivity index (χ4n) is 3.62. The molecule has 1 amide bonds. The third-order valence-corrected chi connectivity index (χ3v) is 5.10. The number of nitrogens with zero attached hydrogens (tertiary/aromatic N) is 3. The van der Waals surface area contributed by atoms with Crippen LogP contribution in [0, 0.1) is 0 Å². The fourth-order valence-corrected chi connectivity index (χ4v) is 3.62. The van der Waals surface area contributed by atoms with Gasteiger partial charge in [-0.3, -0.25) is 9.78 Å². The molecule has 0 radical (unpaired) electrons. The molecule has 1 aliphatic heterocycles. The second-order valence-corrected chi connectivity index (χ2v) is 7.06. The summed E-state index contributed by atoms with van der Waals surface area (Å²) >= 11 is 0. The van der Waals surface area contributed by atoms with Gasteiger partial charge < -0.3 is 15.5 Å². The SMILES string of the molecule is O=C(NCCc1ccccn1)c1cccnc1N1CCN[C@@H](c2ccccc2)C1. The summed E-state index contributed by atoms with van der Waals surface area (Å²) in [6, 6.07) is 20.1. The molecule has 1 atom stereocenters. The van der Waals surface area contributed by atoms with Crippen molar-refractivity contribution in [2.24, 2.45) is 0 Å². The number of aromatic nitrogens is 2. The van der Waals surface area contributed by atoms with Gasteiger partial charge in [-0.2, -0.15) is 0 Å². The summed E-state index contributed by atoms with van der Waals surface area (Å²) < 4.78 is 0. The lowest BCUT2D eigenvalue weighted by molar-refractivity contribution is 0.0954. The Morgan fingerprint density at radius 3 is 2.69 bits per heavy atom. The average molecular weight is 387 g/mol. The Labute approximate surface area is 171 Å². The predicted molar refractivity (Wildman–Crippen MR) is 114 cm³/mol. The fraction of sp³-hybridized carbons (Fsp3) is 0.261. The van der Waals surface area contributed by atoms with Crippen LogP contribution in [-0.2, 0) is 6.42 Å². The quantitative estimate of drug-likeness (QED) is 0.680. The van der Waals surface area contributed by atoms with Gasteiger partial charge >= 0.3 is 0 Å². The largest absolute Gasteiger partial charge is 0.353 e. The highest BCUT2D eigenvalue weighted by atomic mass is 16.1. The smallest absolute Gasteiger partial charge is 0.255 e.